The van der Waals surface area contributed by atoms with Crippen molar-refractivity contribution in [2.24, 2.45) is 0 Å². The summed E-state index contributed by atoms with van der Waals surface area (Å²) >= 11 is 8.52. The van der Waals surface area contributed by atoms with Crippen molar-refractivity contribution in [1.29, 1.82) is 0 Å². The lowest BCUT2D eigenvalue weighted by Gasteiger charge is -2.20. The Morgan fingerprint density at radius 2 is 2.18 bits per heavy atom. The first-order valence-corrected chi connectivity index (χ1v) is 8.48. The fraction of sp³-hybridized carbons (Fsp3) is 0.583. The average Bonchev–Trinajstić information content (AvgIpc) is 2.72. The monoisotopic (exact) mass is 381 g/mol. The van der Waals surface area contributed by atoms with Crippen molar-refractivity contribution < 1.29 is 4.79 Å². The van der Waals surface area contributed by atoms with E-state index in [-0.39, 0.29) is 5.91 Å². The summed E-state index contributed by atoms with van der Waals surface area (Å²) in [7, 11) is 0. The maximum absolute atomic E-state index is 12.0. The van der Waals surface area contributed by atoms with E-state index in [9.17, 15) is 4.79 Å². The Morgan fingerprint density at radius 3 is 2.71 bits per heavy atom. The van der Waals surface area contributed by atoms with Crippen LogP contribution in [0.2, 0.25) is 0 Å². The molecule has 0 atom stereocenters. The Bertz CT molecular complexity index is 354. The van der Waals surface area contributed by atoms with Gasteiger partial charge < -0.3 is 4.90 Å². The molecule has 96 valence electrons. The van der Waals surface area contributed by atoms with Crippen LogP contribution >= 0.6 is 43.2 Å². The molecule has 0 bridgehead atoms. The van der Waals surface area contributed by atoms with Crippen molar-refractivity contribution in [3.63, 3.8) is 0 Å². The molecule has 0 aliphatic rings. The van der Waals surface area contributed by atoms with Gasteiger partial charge in [0, 0.05) is 23.2 Å². The Kier molecular flexibility index (Phi) is 7.39. The van der Waals surface area contributed by atoms with E-state index in [1.54, 1.807) is 11.3 Å². The molecular formula is C12H17Br2NOS. The minimum absolute atomic E-state index is 0.262. The van der Waals surface area contributed by atoms with Crippen molar-refractivity contribution in [1.82, 2.24) is 4.90 Å². The molecule has 1 aromatic rings. The highest BCUT2D eigenvalue weighted by molar-refractivity contribution is 9.11. The fourth-order valence-corrected chi connectivity index (χ4v) is 3.43. The van der Waals surface area contributed by atoms with Gasteiger partial charge in [0.1, 0.15) is 0 Å². The van der Waals surface area contributed by atoms with E-state index in [1.165, 1.54) is 4.88 Å². The molecule has 0 aliphatic heterocycles. The van der Waals surface area contributed by atoms with Crippen LogP contribution in [0.25, 0.3) is 0 Å². The zero-order chi connectivity index (χ0) is 12.7. The predicted octanol–water partition coefficient (Wildman–Crippen LogP) is 4.42. The largest absolute Gasteiger partial charge is 0.338 e. The van der Waals surface area contributed by atoms with Gasteiger partial charge in [0.15, 0.2) is 0 Å². The van der Waals surface area contributed by atoms with Crippen LogP contribution in [0.3, 0.4) is 0 Å². The van der Waals surface area contributed by atoms with E-state index in [1.807, 2.05) is 17.9 Å². The van der Waals surface area contributed by atoms with Crippen molar-refractivity contribution in [3.05, 3.63) is 20.8 Å². The Morgan fingerprint density at radius 1 is 1.41 bits per heavy atom. The molecule has 0 N–H and O–H groups in total. The molecule has 17 heavy (non-hydrogen) atoms. The smallest absolute Gasteiger partial charge is 0.222 e. The van der Waals surface area contributed by atoms with Gasteiger partial charge in [0.2, 0.25) is 5.91 Å². The number of halogens is 2. The summed E-state index contributed by atoms with van der Waals surface area (Å²) in [4.78, 5) is 15.1. The second kappa shape index (κ2) is 8.27. The number of hydrogen-bond donors (Lipinski definition) is 0. The topological polar surface area (TPSA) is 20.3 Å². The molecule has 0 saturated heterocycles. The van der Waals surface area contributed by atoms with E-state index in [0.29, 0.717) is 6.42 Å². The van der Waals surface area contributed by atoms with Crippen LogP contribution < -0.4 is 0 Å². The number of alkyl halides is 1. The summed E-state index contributed by atoms with van der Waals surface area (Å²) < 4.78 is 1.12. The van der Waals surface area contributed by atoms with E-state index in [4.69, 9.17) is 0 Å². The van der Waals surface area contributed by atoms with Crippen LogP contribution in [0.4, 0.5) is 0 Å². The lowest BCUT2D eigenvalue weighted by molar-refractivity contribution is -0.131. The maximum atomic E-state index is 12.0. The third-order valence-electron chi connectivity index (χ3n) is 2.48. The SMILES string of the molecule is CCN(Cc1ccc(Br)s1)C(=O)CCCCBr. The summed E-state index contributed by atoms with van der Waals surface area (Å²) in [6.45, 7) is 3.55. The molecule has 0 spiro atoms. The van der Waals surface area contributed by atoms with E-state index < -0.39 is 0 Å². The number of hydrogen-bond acceptors (Lipinski definition) is 2. The molecule has 0 saturated carbocycles. The van der Waals surface area contributed by atoms with Gasteiger partial charge in [-0.15, -0.1) is 11.3 Å². The normalized spacial score (nSPS) is 10.5. The minimum Gasteiger partial charge on any atom is -0.338 e. The van der Waals surface area contributed by atoms with Gasteiger partial charge in [0.25, 0.3) is 0 Å². The zero-order valence-corrected chi connectivity index (χ0v) is 13.9. The number of carbonyl (C=O) groups excluding carboxylic acids is 1. The molecule has 0 fully saturated rings. The zero-order valence-electron chi connectivity index (χ0n) is 9.92. The summed E-state index contributed by atoms with van der Waals surface area (Å²) in [6, 6.07) is 4.10. The van der Waals surface area contributed by atoms with Crippen LogP contribution in [-0.4, -0.2) is 22.7 Å². The first-order valence-electron chi connectivity index (χ1n) is 5.75. The number of amides is 1. The highest BCUT2D eigenvalue weighted by Crippen LogP contribution is 2.23. The lowest BCUT2D eigenvalue weighted by atomic mass is 10.2. The van der Waals surface area contributed by atoms with E-state index in [2.05, 4.69) is 37.9 Å². The summed E-state index contributed by atoms with van der Waals surface area (Å²) in [5.41, 5.74) is 0. The molecule has 1 aromatic heterocycles. The molecule has 5 heteroatoms. The molecule has 0 radical (unpaired) electrons. The van der Waals surface area contributed by atoms with Crippen LogP contribution in [0.5, 0.6) is 0 Å². The highest BCUT2D eigenvalue weighted by Gasteiger charge is 2.12. The number of thiophene rings is 1. The van der Waals surface area contributed by atoms with Gasteiger partial charge in [-0.2, -0.15) is 0 Å². The van der Waals surface area contributed by atoms with Crippen LogP contribution in [0.1, 0.15) is 31.1 Å². The second-order valence-electron chi connectivity index (χ2n) is 3.76. The minimum atomic E-state index is 0.262. The van der Waals surface area contributed by atoms with Crippen molar-refractivity contribution in [3.8, 4) is 0 Å². The fourth-order valence-electron chi connectivity index (χ4n) is 1.53. The number of carbonyl (C=O) groups is 1. The third kappa shape index (κ3) is 5.53. The van der Waals surface area contributed by atoms with Crippen molar-refractivity contribution in [2.45, 2.75) is 32.7 Å². The van der Waals surface area contributed by atoms with E-state index >= 15 is 0 Å². The molecule has 0 aromatic carbocycles. The highest BCUT2D eigenvalue weighted by atomic mass is 79.9. The third-order valence-corrected chi connectivity index (χ3v) is 4.65. The van der Waals surface area contributed by atoms with Gasteiger partial charge in [0.05, 0.1) is 10.3 Å². The molecular weight excluding hydrogens is 366 g/mol. The standard InChI is InChI=1S/C12H17Br2NOS/c1-2-15(12(16)5-3-4-8-13)9-10-6-7-11(14)17-10/h6-7H,2-5,8-9H2,1H3. The lowest BCUT2D eigenvalue weighted by Crippen LogP contribution is -2.29. The molecule has 1 rings (SSSR count). The van der Waals surface area contributed by atoms with Crippen LogP contribution in [-0.2, 0) is 11.3 Å². The number of nitrogens with zero attached hydrogens (tertiary/aromatic N) is 1. The van der Waals surface area contributed by atoms with Gasteiger partial charge in [-0.3, -0.25) is 4.79 Å². The van der Waals surface area contributed by atoms with Gasteiger partial charge in [-0.05, 0) is 47.8 Å². The van der Waals surface area contributed by atoms with Crippen LogP contribution in [0, 0.1) is 0 Å². The quantitative estimate of drug-likeness (QED) is 0.504. The molecule has 1 heterocycles. The first kappa shape index (κ1) is 15.2. The molecule has 1 amide bonds. The van der Waals surface area contributed by atoms with Gasteiger partial charge in [-0.1, -0.05) is 15.9 Å². The van der Waals surface area contributed by atoms with Crippen molar-refractivity contribution >= 4 is 49.1 Å². The predicted molar refractivity (Wildman–Crippen MR) is 80.8 cm³/mol. The Hall–Kier alpha value is 0.130. The van der Waals surface area contributed by atoms with Crippen LogP contribution in [0.15, 0.2) is 15.9 Å². The number of unbranched alkanes of at least 4 members (excludes halogenated alkanes) is 1. The van der Waals surface area contributed by atoms with Gasteiger partial charge in [-0.25, -0.2) is 0 Å². The van der Waals surface area contributed by atoms with Crippen molar-refractivity contribution in [2.75, 3.05) is 11.9 Å². The molecule has 0 aliphatic carbocycles. The molecule has 2 nitrogen and oxygen atoms in total. The number of rotatable bonds is 7. The van der Waals surface area contributed by atoms with Gasteiger partial charge >= 0.3 is 0 Å². The summed E-state index contributed by atoms with van der Waals surface area (Å²) in [5, 5.41) is 0.976. The second-order valence-corrected chi connectivity index (χ2v) is 7.10. The maximum Gasteiger partial charge on any atom is 0.222 e. The van der Waals surface area contributed by atoms with E-state index in [0.717, 1.165) is 35.0 Å². The summed E-state index contributed by atoms with van der Waals surface area (Å²) in [6.07, 6.45) is 2.69. The Balaban J connectivity index is 2.44. The summed E-state index contributed by atoms with van der Waals surface area (Å²) in [5.74, 6) is 0.262. The first-order chi connectivity index (χ1) is 8.17. The Labute approximate surface area is 124 Å². The average molecular weight is 383 g/mol. The molecule has 0 unspecified atom stereocenters.